The van der Waals surface area contributed by atoms with Crippen molar-refractivity contribution in [1.82, 2.24) is 0 Å². The maximum atomic E-state index is 13.4. The summed E-state index contributed by atoms with van der Waals surface area (Å²) >= 11 is 7.50. The number of hydrogen-bond acceptors (Lipinski definition) is 3. The zero-order chi connectivity index (χ0) is 16.2. The Morgan fingerprint density at radius 2 is 2.04 bits per heavy atom. The van der Waals surface area contributed by atoms with Crippen LogP contribution in [0.25, 0.3) is 0 Å². The third kappa shape index (κ3) is 4.09. The van der Waals surface area contributed by atoms with E-state index in [1.54, 1.807) is 42.1 Å². The summed E-state index contributed by atoms with van der Waals surface area (Å²) in [5.41, 5.74) is 1.55. The topological polar surface area (TPSA) is 60.6 Å². The largest absolute Gasteiger partial charge is 0.323 e. The van der Waals surface area contributed by atoms with Gasteiger partial charge in [0.05, 0.1) is 6.04 Å². The number of thioether (sulfide) groups is 1. The number of halogens is 2. The van der Waals surface area contributed by atoms with E-state index in [-0.39, 0.29) is 17.8 Å². The zero-order valence-electron chi connectivity index (χ0n) is 12.1. The molecule has 118 valence electrons. The van der Waals surface area contributed by atoms with Crippen molar-refractivity contribution in [2.45, 2.75) is 17.4 Å². The Bertz CT molecular complexity index is 748. The molecule has 2 N–H and O–H groups in total. The summed E-state index contributed by atoms with van der Waals surface area (Å²) in [6, 6.07) is 11.5. The number of hydrogen-bond donors (Lipinski definition) is 2. The van der Waals surface area contributed by atoms with E-state index in [0.29, 0.717) is 10.7 Å². The Morgan fingerprint density at radius 1 is 1.26 bits per heavy atom. The minimum Gasteiger partial charge on any atom is -0.323 e. The van der Waals surface area contributed by atoms with E-state index in [1.165, 1.54) is 12.1 Å². The van der Waals surface area contributed by atoms with Crippen LogP contribution in [0.3, 0.4) is 0 Å². The molecule has 0 aromatic heterocycles. The fourth-order valence-corrected chi connectivity index (χ4v) is 3.50. The Kier molecular flexibility index (Phi) is 4.93. The van der Waals surface area contributed by atoms with Crippen LogP contribution in [0.1, 0.15) is 18.0 Å². The van der Waals surface area contributed by atoms with Crippen LogP contribution in [-0.4, -0.2) is 11.7 Å². The number of benzene rings is 2. The van der Waals surface area contributed by atoms with Crippen LogP contribution >= 0.6 is 23.4 Å². The van der Waals surface area contributed by atoms with Gasteiger partial charge in [0.25, 0.3) is 0 Å². The maximum Gasteiger partial charge on any atom is 0.239 e. The summed E-state index contributed by atoms with van der Waals surface area (Å²) in [4.78, 5) is 1.03. The second-order valence-electron chi connectivity index (χ2n) is 5.03. The number of anilines is 1. The lowest BCUT2D eigenvalue weighted by molar-refractivity contribution is 0.603. The molecule has 0 fully saturated rings. The van der Waals surface area contributed by atoms with Gasteiger partial charge in [-0.2, -0.15) is 5.11 Å². The third-order valence-electron chi connectivity index (χ3n) is 3.38. The molecule has 23 heavy (non-hydrogen) atoms. The van der Waals surface area contributed by atoms with Gasteiger partial charge in [-0.25, -0.2) is 4.39 Å². The average Bonchev–Trinajstić information content (AvgIpc) is 2.55. The Balaban J connectivity index is 1.70. The molecule has 2 aromatic carbocycles. The highest BCUT2D eigenvalue weighted by Gasteiger charge is 2.21. The predicted molar refractivity (Wildman–Crippen MR) is 92.1 cm³/mol. The fourth-order valence-electron chi connectivity index (χ4n) is 2.29. The molecule has 1 aliphatic heterocycles. The van der Waals surface area contributed by atoms with E-state index in [0.717, 1.165) is 22.6 Å². The lowest BCUT2D eigenvalue weighted by atomic mass is 10.0. The van der Waals surface area contributed by atoms with Crippen LogP contribution < -0.4 is 5.32 Å². The molecule has 0 radical (unpaired) electrons. The summed E-state index contributed by atoms with van der Waals surface area (Å²) < 4.78 is 13.4. The number of guanidine groups is 1. The smallest absolute Gasteiger partial charge is 0.239 e. The molecule has 1 unspecified atom stereocenters. The van der Waals surface area contributed by atoms with Crippen molar-refractivity contribution in [3.8, 4) is 0 Å². The summed E-state index contributed by atoms with van der Waals surface area (Å²) in [7, 11) is 0. The molecule has 1 atom stereocenters. The fraction of sp³-hybridized carbons (Fsp3) is 0.188. The van der Waals surface area contributed by atoms with E-state index in [9.17, 15) is 4.39 Å². The maximum absolute atomic E-state index is 13.4. The molecule has 1 heterocycles. The Morgan fingerprint density at radius 3 is 2.83 bits per heavy atom. The van der Waals surface area contributed by atoms with Gasteiger partial charge in [-0.05, 0) is 54.4 Å². The average molecular weight is 349 g/mol. The van der Waals surface area contributed by atoms with Crippen molar-refractivity contribution >= 4 is 35.0 Å². The molecule has 0 saturated heterocycles. The van der Waals surface area contributed by atoms with Crippen LogP contribution in [0.2, 0.25) is 5.02 Å². The Labute approximate surface area is 142 Å². The third-order valence-corrected chi connectivity index (χ3v) is 4.76. The lowest BCUT2D eigenvalue weighted by Crippen LogP contribution is -2.09. The van der Waals surface area contributed by atoms with Crippen LogP contribution in [-0.2, 0) is 0 Å². The molecule has 1 aliphatic rings. The van der Waals surface area contributed by atoms with Gasteiger partial charge in [0, 0.05) is 21.4 Å². The van der Waals surface area contributed by atoms with E-state index in [2.05, 4.69) is 15.5 Å². The van der Waals surface area contributed by atoms with E-state index in [4.69, 9.17) is 17.0 Å². The standard InChI is InChI=1S/C16H14ClFN4S/c17-10-1-4-12(5-2-10)20-16(19)22-21-14-7-8-23-15-6-3-11(18)9-13(14)15/h1-6,9,14H,7-8H2,(H2,19,20). The first kappa shape index (κ1) is 16.0. The lowest BCUT2D eigenvalue weighted by Gasteiger charge is -2.20. The van der Waals surface area contributed by atoms with Gasteiger partial charge in [0.1, 0.15) is 5.82 Å². The number of azo groups is 1. The van der Waals surface area contributed by atoms with Crippen molar-refractivity contribution in [3.63, 3.8) is 0 Å². The predicted octanol–water partition coefficient (Wildman–Crippen LogP) is 5.52. The van der Waals surface area contributed by atoms with Crippen molar-refractivity contribution in [2.75, 3.05) is 11.1 Å². The number of rotatable bonds is 2. The molecule has 0 amide bonds. The van der Waals surface area contributed by atoms with Gasteiger partial charge < -0.3 is 5.32 Å². The van der Waals surface area contributed by atoms with Gasteiger partial charge in [-0.15, -0.1) is 16.9 Å². The quantitative estimate of drug-likeness (QED) is 0.426. The van der Waals surface area contributed by atoms with Crippen molar-refractivity contribution in [1.29, 1.82) is 5.41 Å². The van der Waals surface area contributed by atoms with Crippen LogP contribution in [0.5, 0.6) is 0 Å². The number of nitrogens with zero attached hydrogens (tertiary/aromatic N) is 2. The second kappa shape index (κ2) is 7.10. The molecule has 3 rings (SSSR count). The monoisotopic (exact) mass is 348 g/mol. The van der Waals surface area contributed by atoms with Crippen LogP contribution in [0.4, 0.5) is 10.1 Å². The molecular formula is C16H14ClFN4S. The zero-order valence-corrected chi connectivity index (χ0v) is 13.7. The van der Waals surface area contributed by atoms with Crippen molar-refractivity contribution < 1.29 is 4.39 Å². The normalized spacial score (nSPS) is 17.0. The van der Waals surface area contributed by atoms with Gasteiger partial charge >= 0.3 is 0 Å². The number of fused-ring (bicyclic) bond motifs is 1. The molecule has 2 aromatic rings. The molecule has 0 aliphatic carbocycles. The summed E-state index contributed by atoms with van der Waals surface area (Å²) in [5.74, 6) is 0.560. The SMILES string of the molecule is N=C(N=NC1CCSc2ccc(F)cc21)Nc1ccc(Cl)cc1. The minimum absolute atomic E-state index is 0.0662. The van der Waals surface area contributed by atoms with Gasteiger partial charge in [-0.1, -0.05) is 11.6 Å². The van der Waals surface area contributed by atoms with Crippen molar-refractivity contribution in [3.05, 3.63) is 58.9 Å². The van der Waals surface area contributed by atoms with Gasteiger partial charge in [-0.3, -0.25) is 5.41 Å². The first-order valence-corrected chi connectivity index (χ1v) is 8.42. The highest BCUT2D eigenvalue weighted by atomic mass is 35.5. The van der Waals surface area contributed by atoms with Crippen molar-refractivity contribution in [2.24, 2.45) is 10.2 Å². The molecular weight excluding hydrogens is 335 g/mol. The Hall–Kier alpha value is -1.92. The first-order chi connectivity index (χ1) is 11.1. The van der Waals surface area contributed by atoms with Crippen LogP contribution in [0, 0.1) is 11.2 Å². The molecule has 4 nitrogen and oxygen atoms in total. The molecule has 0 saturated carbocycles. The summed E-state index contributed by atoms with van der Waals surface area (Å²) in [6.45, 7) is 0. The van der Waals surface area contributed by atoms with E-state index >= 15 is 0 Å². The van der Waals surface area contributed by atoms with Crippen LogP contribution in [0.15, 0.2) is 57.6 Å². The molecule has 0 bridgehead atoms. The minimum atomic E-state index is -0.277. The summed E-state index contributed by atoms with van der Waals surface area (Å²) in [5, 5.41) is 19.4. The molecule has 7 heteroatoms. The van der Waals surface area contributed by atoms with E-state index < -0.39 is 0 Å². The first-order valence-electron chi connectivity index (χ1n) is 7.06. The highest BCUT2D eigenvalue weighted by Crippen LogP contribution is 2.38. The molecule has 0 spiro atoms. The summed E-state index contributed by atoms with van der Waals surface area (Å²) in [6.07, 6.45) is 0.777. The highest BCUT2D eigenvalue weighted by molar-refractivity contribution is 7.99. The van der Waals surface area contributed by atoms with Gasteiger partial charge in [0.2, 0.25) is 5.96 Å². The van der Waals surface area contributed by atoms with E-state index in [1.807, 2.05) is 0 Å². The van der Waals surface area contributed by atoms with Gasteiger partial charge in [0.15, 0.2) is 0 Å². The second-order valence-corrected chi connectivity index (χ2v) is 6.60. The number of nitrogens with one attached hydrogen (secondary N) is 2.